The highest BCUT2D eigenvalue weighted by molar-refractivity contribution is 5.12. The predicted molar refractivity (Wildman–Crippen MR) is 55.1 cm³/mol. The molecule has 1 N–H and O–H groups in total. The van der Waals surface area contributed by atoms with E-state index in [1.165, 1.54) is 5.69 Å². The maximum absolute atomic E-state index is 9.81. The smallest absolute Gasteiger partial charge is 0.0623 e. The van der Waals surface area contributed by atoms with Gasteiger partial charge in [0.05, 0.1) is 6.10 Å². The Hall–Kier alpha value is -0.830. The van der Waals surface area contributed by atoms with Gasteiger partial charge >= 0.3 is 0 Å². The fraction of sp³-hybridized carbons (Fsp3) is 0.727. The highest BCUT2D eigenvalue weighted by atomic mass is 16.3. The first-order valence-electron chi connectivity index (χ1n) is 5.52. The molecule has 0 aliphatic heterocycles. The lowest BCUT2D eigenvalue weighted by atomic mass is 10.0. The fourth-order valence-electron chi connectivity index (χ4n) is 2.34. The predicted octanol–water partition coefficient (Wildman–Crippen LogP) is 1.92. The highest BCUT2D eigenvalue weighted by Gasteiger charge is 2.28. The van der Waals surface area contributed by atoms with E-state index in [1.54, 1.807) is 0 Å². The molecule has 0 bridgehead atoms. The van der Waals surface area contributed by atoms with Crippen molar-refractivity contribution in [3.05, 3.63) is 18.0 Å². The Morgan fingerprint density at radius 2 is 2.43 bits per heavy atom. The van der Waals surface area contributed by atoms with E-state index in [4.69, 9.17) is 0 Å². The lowest BCUT2D eigenvalue weighted by Crippen LogP contribution is -2.16. The first-order valence-corrected chi connectivity index (χ1v) is 5.52. The standard InChI is InChI=1S/C11H18N2O/c1-2-8-13-10(6-7-12-13)9-4-3-5-11(9)14/h6-7,9,11,14H,2-5,8H2,1H3. The van der Waals surface area contributed by atoms with Crippen LogP contribution < -0.4 is 0 Å². The third-order valence-corrected chi connectivity index (χ3v) is 3.04. The summed E-state index contributed by atoms with van der Waals surface area (Å²) in [4.78, 5) is 0. The van der Waals surface area contributed by atoms with Crippen molar-refractivity contribution in [1.29, 1.82) is 0 Å². The Bertz CT molecular complexity index is 295. The minimum atomic E-state index is -0.151. The SMILES string of the molecule is CCCn1nccc1C1CCCC1O. The van der Waals surface area contributed by atoms with Gasteiger partial charge in [-0.1, -0.05) is 13.3 Å². The monoisotopic (exact) mass is 194 g/mol. The van der Waals surface area contributed by atoms with Crippen LogP contribution in [0.4, 0.5) is 0 Å². The van der Waals surface area contributed by atoms with Crippen LogP contribution in [0, 0.1) is 0 Å². The van der Waals surface area contributed by atoms with Crippen LogP contribution in [0.25, 0.3) is 0 Å². The number of hydrogen-bond acceptors (Lipinski definition) is 2. The van der Waals surface area contributed by atoms with Gasteiger partial charge in [-0.25, -0.2) is 0 Å². The summed E-state index contributed by atoms with van der Waals surface area (Å²) in [5.74, 6) is 0.323. The summed E-state index contributed by atoms with van der Waals surface area (Å²) < 4.78 is 2.04. The zero-order chi connectivity index (χ0) is 9.97. The van der Waals surface area contributed by atoms with E-state index in [1.807, 2.05) is 10.9 Å². The van der Waals surface area contributed by atoms with Crippen LogP contribution in [-0.2, 0) is 6.54 Å². The molecule has 3 heteroatoms. The van der Waals surface area contributed by atoms with Gasteiger partial charge < -0.3 is 5.11 Å². The van der Waals surface area contributed by atoms with Crippen molar-refractivity contribution in [2.75, 3.05) is 0 Å². The molecule has 0 radical (unpaired) electrons. The summed E-state index contributed by atoms with van der Waals surface area (Å²) in [7, 11) is 0. The number of aryl methyl sites for hydroxylation is 1. The molecule has 0 saturated heterocycles. The van der Waals surface area contributed by atoms with Crippen molar-refractivity contribution in [2.24, 2.45) is 0 Å². The second kappa shape index (κ2) is 4.13. The number of hydrogen-bond donors (Lipinski definition) is 1. The third-order valence-electron chi connectivity index (χ3n) is 3.04. The van der Waals surface area contributed by atoms with Crippen LogP contribution in [0.2, 0.25) is 0 Å². The Morgan fingerprint density at radius 1 is 1.57 bits per heavy atom. The highest BCUT2D eigenvalue weighted by Crippen LogP contribution is 2.34. The average Bonchev–Trinajstić information content (AvgIpc) is 2.74. The molecule has 1 aliphatic carbocycles. The fourth-order valence-corrected chi connectivity index (χ4v) is 2.34. The Kier molecular flexibility index (Phi) is 2.87. The molecule has 1 heterocycles. The number of nitrogens with zero attached hydrogens (tertiary/aromatic N) is 2. The van der Waals surface area contributed by atoms with E-state index in [-0.39, 0.29) is 6.10 Å². The summed E-state index contributed by atoms with van der Waals surface area (Å²) in [6.45, 7) is 3.11. The molecule has 3 nitrogen and oxygen atoms in total. The molecular formula is C11H18N2O. The molecule has 0 spiro atoms. The van der Waals surface area contributed by atoms with Gasteiger partial charge in [-0.2, -0.15) is 5.10 Å². The van der Waals surface area contributed by atoms with E-state index in [0.717, 1.165) is 32.2 Å². The average molecular weight is 194 g/mol. The van der Waals surface area contributed by atoms with Gasteiger partial charge in [0.2, 0.25) is 0 Å². The van der Waals surface area contributed by atoms with Crippen LogP contribution in [-0.4, -0.2) is 21.0 Å². The normalized spacial score (nSPS) is 27.0. The Morgan fingerprint density at radius 3 is 3.07 bits per heavy atom. The maximum Gasteiger partial charge on any atom is 0.0623 e. The zero-order valence-corrected chi connectivity index (χ0v) is 8.69. The second-order valence-corrected chi connectivity index (χ2v) is 4.08. The number of aliphatic hydroxyl groups is 1. The van der Waals surface area contributed by atoms with Crippen molar-refractivity contribution in [1.82, 2.24) is 9.78 Å². The van der Waals surface area contributed by atoms with Gasteiger partial charge in [-0.3, -0.25) is 4.68 Å². The van der Waals surface area contributed by atoms with Gasteiger partial charge in [-0.05, 0) is 25.3 Å². The van der Waals surface area contributed by atoms with Crippen LogP contribution in [0.3, 0.4) is 0 Å². The lowest BCUT2D eigenvalue weighted by molar-refractivity contribution is 0.160. The minimum absolute atomic E-state index is 0.151. The molecule has 2 atom stereocenters. The molecule has 1 aliphatic rings. The van der Waals surface area contributed by atoms with Crippen LogP contribution in [0.5, 0.6) is 0 Å². The van der Waals surface area contributed by atoms with Gasteiger partial charge in [0, 0.05) is 24.4 Å². The van der Waals surface area contributed by atoms with E-state index < -0.39 is 0 Å². The lowest BCUT2D eigenvalue weighted by Gasteiger charge is -2.16. The van der Waals surface area contributed by atoms with E-state index >= 15 is 0 Å². The van der Waals surface area contributed by atoms with E-state index in [2.05, 4.69) is 18.1 Å². The largest absolute Gasteiger partial charge is 0.392 e. The number of aromatic nitrogens is 2. The molecular weight excluding hydrogens is 176 g/mol. The summed E-state index contributed by atoms with van der Waals surface area (Å²) in [5.41, 5.74) is 1.22. The molecule has 2 rings (SSSR count). The maximum atomic E-state index is 9.81. The second-order valence-electron chi connectivity index (χ2n) is 4.08. The molecule has 1 fully saturated rings. The van der Waals surface area contributed by atoms with Crippen LogP contribution in [0.1, 0.15) is 44.2 Å². The van der Waals surface area contributed by atoms with Gasteiger partial charge in [0.15, 0.2) is 0 Å². The molecule has 0 aromatic carbocycles. The molecule has 2 unspecified atom stereocenters. The Labute approximate surface area is 84.7 Å². The third kappa shape index (κ3) is 1.69. The van der Waals surface area contributed by atoms with Crippen molar-refractivity contribution >= 4 is 0 Å². The van der Waals surface area contributed by atoms with Crippen molar-refractivity contribution in [3.8, 4) is 0 Å². The summed E-state index contributed by atoms with van der Waals surface area (Å²) in [6, 6.07) is 2.05. The number of rotatable bonds is 3. The van der Waals surface area contributed by atoms with Crippen molar-refractivity contribution in [2.45, 2.75) is 51.2 Å². The number of aliphatic hydroxyl groups excluding tert-OH is 1. The van der Waals surface area contributed by atoms with Crippen molar-refractivity contribution in [3.63, 3.8) is 0 Å². The van der Waals surface area contributed by atoms with Crippen LogP contribution in [0.15, 0.2) is 12.3 Å². The summed E-state index contributed by atoms with van der Waals surface area (Å²) in [5, 5.41) is 14.1. The molecule has 1 aromatic rings. The van der Waals surface area contributed by atoms with Gasteiger partial charge in [-0.15, -0.1) is 0 Å². The summed E-state index contributed by atoms with van der Waals surface area (Å²) >= 11 is 0. The van der Waals surface area contributed by atoms with E-state index in [9.17, 15) is 5.11 Å². The zero-order valence-electron chi connectivity index (χ0n) is 8.69. The van der Waals surface area contributed by atoms with Gasteiger partial charge in [0.1, 0.15) is 0 Å². The first kappa shape index (κ1) is 9.71. The first-order chi connectivity index (χ1) is 6.83. The van der Waals surface area contributed by atoms with Gasteiger partial charge in [0.25, 0.3) is 0 Å². The summed E-state index contributed by atoms with van der Waals surface area (Å²) in [6.07, 6.45) is 5.98. The molecule has 78 valence electrons. The van der Waals surface area contributed by atoms with Crippen LogP contribution >= 0.6 is 0 Å². The van der Waals surface area contributed by atoms with E-state index in [0.29, 0.717) is 5.92 Å². The molecule has 1 aromatic heterocycles. The minimum Gasteiger partial charge on any atom is -0.392 e. The molecule has 0 amide bonds. The Balaban J connectivity index is 2.17. The topological polar surface area (TPSA) is 38.0 Å². The molecule has 14 heavy (non-hydrogen) atoms. The van der Waals surface area contributed by atoms with Crippen molar-refractivity contribution < 1.29 is 5.11 Å². The quantitative estimate of drug-likeness (QED) is 0.798. The molecule has 1 saturated carbocycles.